The molecule has 0 atom stereocenters. The summed E-state index contributed by atoms with van der Waals surface area (Å²) in [6.45, 7) is 7.37. The lowest BCUT2D eigenvalue weighted by molar-refractivity contribution is -0.519. The van der Waals surface area contributed by atoms with Gasteiger partial charge in [-0.25, -0.2) is 0 Å². The van der Waals surface area contributed by atoms with Crippen LogP contribution in [0.1, 0.15) is 110 Å². The monoisotopic (exact) mass is 480 g/mol. The van der Waals surface area contributed by atoms with Crippen LogP contribution in [0.2, 0.25) is 0 Å². The molecule has 0 aliphatic heterocycles. The standard InChI is InChI=1S/C22H44N2O2S.BrH/c1-3-24(4-2)22(27)23-20-18-16-14-12-10-8-6-5-7-9-11-13-15-17-19-21(25)26;/h3-20H2,1-2H3,(H2,23,25,26,27);1H. The van der Waals surface area contributed by atoms with E-state index in [4.69, 9.17) is 5.11 Å². The van der Waals surface area contributed by atoms with Gasteiger partial charge in [0.1, 0.15) is 0 Å². The van der Waals surface area contributed by atoms with Crippen molar-refractivity contribution in [2.75, 3.05) is 19.6 Å². The Bertz CT molecular complexity index is 387. The fraction of sp³-hybridized carbons (Fsp3) is 0.909. The number of hydrogen-bond acceptors (Lipinski definition) is 1. The molecule has 0 rings (SSSR count). The topological polar surface area (TPSA) is 52.3 Å². The van der Waals surface area contributed by atoms with Crippen LogP contribution in [-0.2, 0) is 4.79 Å². The van der Waals surface area contributed by atoms with Crippen molar-refractivity contribution < 1.29 is 31.5 Å². The number of nitrogens with one attached hydrogen (secondary N) is 1. The predicted octanol–water partition coefficient (Wildman–Crippen LogP) is 2.85. The molecule has 6 heteroatoms. The maximum absolute atomic E-state index is 10.4. The lowest BCUT2D eigenvalue weighted by atomic mass is 10.0. The number of carbonyl (C=O) groups is 1. The van der Waals surface area contributed by atoms with Crippen LogP contribution in [0.4, 0.5) is 0 Å². The zero-order valence-electron chi connectivity index (χ0n) is 18.4. The van der Waals surface area contributed by atoms with Gasteiger partial charge in [0.25, 0.3) is 0 Å². The molecular formula is C22H45BrN2O2S. The maximum Gasteiger partial charge on any atom is 0.303 e. The first kappa shape index (κ1) is 30.0. The summed E-state index contributed by atoms with van der Waals surface area (Å²) in [6, 6.07) is 0. The molecule has 0 saturated carbocycles. The van der Waals surface area contributed by atoms with Gasteiger partial charge < -0.3 is 22.1 Å². The summed E-state index contributed by atoms with van der Waals surface area (Å²) in [4.78, 5) is 10.4. The third-order valence-corrected chi connectivity index (χ3v) is 5.60. The lowest BCUT2D eigenvalue weighted by Crippen LogP contribution is -3.00. The van der Waals surface area contributed by atoms with Gasteiger partial charge in [0, 0.05) is 6.42 Å². The van der Waals surface area contributed by atoms with E-state index in [9.17, 15) is 4.79 Å². The molecular weight excluding hydrogens is 436 g/mol. The zero-order chi connectivity index (χ0) is 20.2. The molecule has 0 aromatic heterocycles. The van der Waals surface area contributed by atoms with Crippen molar-refractivity contribution in [3.8, 4) is 0 Å². The number of halogens is 1. The van der Waals surface area contributed by atoms with Gasteiger partial charge in [-0.2, -0.15) is 0 Å². The number of aliphatic carboxylic acids is 1. The highest BCUT2D eigenvalue weighted by atomic mass is 79.9. The third kappa shape index (κ3) is 20.5. The highest BCUT2D eigenvalue weighted by Crippen LogP contribution is 2.13. The molecule has 0 bridgehead atoms. The average molecular weight is 482 g/mol. The molecule has 2 N–H and O–H groups in total. The number of carboxylic acid groups (broad SMARTS) is 1. The average Bonchev–Trinajstić information content (AvgIpc) is 2.65. The van der Waals surface area contributed by atoms with E-state index in [2.05, 4.69) is 36.4 Å². The van der Waals surface area contributed by atoms with Gasteiger partial charge in [-0.05, 0) is 33.1 Å². The van der Waals surface area contributed by atoms with Gasteiger partial charge in [-0.1, -0.05) is 83.3 Å². The van der Waals surface area contributed by atoms with Crippen molar-refractivity contribution in [2.24, 2.45) is 0 Å². The first-order valence-electron chi connectivity index (χ1n) is 11.4. The summed E-state index contributed by atoms with van der Waals surface area (Å²) in [6.07, 6.45) is 18.2. The third-order valence-electron chi connectivity index (χ3n) is 5.16. The Morgan fingerprint density at radius 2 is 1.11 bits per heavy atom. The Labute approximate surface area is 190 Å². The summed E-state index contributed by atoms with van der Waals surface area (Å²) in [5, 5.41) is 13.0. The van der Waals surface area contributed by atoms with E-state index in [1.165, 1.54) is 77.0 Å². The van der Waals surface area contributed by atoms with Crippen LogP contribution in [-0.4, -0.2) is 40.5 Å². The molecule has 0 heterocycles. The van der Waals surface area contributed by atoms with Crippen LogP contribution >= 0.6 is 12.6 Å². The van der Waals surface area contributed by atoms with Gasteiger partial charge >= 0.3 is 11.1 Å². The van der Waals surface area contributed by atoms with Gasteiger partial charge in [0.15, 0.2) is 0 Å². The summed E-state index contributed by atoms with van der Waals surface area (Å²) < 4.78 is 2.24. The molecule has 0 radical (unpaired) electrons. The summed E-state index contributed by atoms with van der Waals surface area (Å²) in [5.41, 5.74) is 0. The van der Waals surface area contributed by atoms with E-state index >= 15 is 0 Å². The predicted molar refractivity (Wildman–Crippen MR) is 120 cm³/mol. The Morgan fingerprint density at radius 1 is 0.750 bits per heavy atom. The Hall–Kier alpha value is -0.230. The van der Waals surface area contributed by atoms with E-state index in [-0.39, 0.29) is 17.0 Å². The van der Waals surface area contributed by atoms with Crippen LogP contribution in [0.25, 0.3) is 0 Å². The SMILES string of the molecule is CC[N+](CC)=C(S)NCCCCCCCCCCCCCCCCC(=O)O.[Br-]. The molecule has 0 amide bonds. The summed E-state index contributed by atoms with van der Waals surface area (Å²) in [7, 11) is 0. The van der Waals surface area contributed by atoms with E-state index in [0.717, 1.165) is 37.6 Å². The maximum atomic E-state index is 10.4. The smallest absolute Gasteiger partial charge is 0.303 e. The molecule has 0 aliphatic rings. The molecule has 0 saturated heterocycles. The molecule has 0 aromatic rings. The van der Waals surface area contributed by atoms with E-state index < -0.39 is 5.97 Å². The second-order valence-corrected chi connectivity index (χ2v) is 7.94. The first-order valence-corrected chi connectivity index (χ1v) is 11.8. The van der Waals surface area contributed by atoms with Gasteiger partial charge in [0.05, 0.1) is 19.6 Å². The quantitative estimate of drug-likeness (QED) is 0.0875. The van der Waals surface area contributed by atoms with E-state index in [1.807, 2.05) is 0 Å². The number of unbranched alkanes of at least 4 members (excludes halogenated alkanes) is 13. The molecule has 4 nitrogen and oxygen atoms in total. The number of amidine groups is 1. The fourth-order valence-electron chi connectivity index (χ4n) is 3.36. The zero-order valence-corrected chi connectivity index (χ0v) is 20.8. The van der Waals surface area contributed by atoms with Crippen molar-refractivity contribution in [1.29, 1.82) is 0 Å². The summed E-state index contributed by atoms with van der Waals surface area (Å²) in [5.74, 6) is -0.660. The minimum Gasteiger partial charge on any atom is -1.00 e. The minimum absolute atomic E-state index is 0. The van der Waals surface area contributed by atoms with E-state index in [1.54, 1.807) is 0 Å². The molecule has 0 unspecified atom stereocenters. The molecule has 0 fully saturated rings. The molecule has 168 valence electrons. The first-order chi connectivity index (χ1) is 13.1. The minimum atomic E-state index is -0.660. The summed E-state index contributed by atoms with van der Waals surface area (Å²) >= 11 is 4.53. The van der Waals surface area contributed by atoms with Crippen molar-refractivity contribution in [2.45, 2.75) is 110 Å². The fourth-order valence-corrected chi connectivity index (χ4v) is 3.75. The number of thiol groups is 1. The molecule has 0 spiro atoms. The Balaban J connectivity index is 0. The van der Waals surface area contributed by atoms with Crippen LogP contribution in [0.15, 0.2) is 0 Å². The number of hydrogen-bond donors (Lipinski definition) is 3. The van der Waals surface area contributed by atoms with Gasteiger partial charge in [0.2, 0.25) is 0 Å². The largest absolute Gasteiger partial charge is 1.00 e. The van der Waals surface area contributed by atoms with E-state index in [0.29, 0.717) is 6.42 Å². The Morgan fingerprint density at radius 3 is 1.46 bits per heavy atom. The van der Waals surface area contributed by atoms with Crippen molar-refractivity contribution in [3.63, 3.8) is 0 Å². The van der Waals surface area contributed by atoms with Crippen LogP contribution < -0.4 is 22.3 Å². The van der Waals surface area contributed by atoms with Crippen LogP contribution in [0.3, 0.4) is 0 Å². The van der Waals surface area contributed by atoms with Crippen molar-refractivity contribution >= 4 is 23.8 Å². The highest BCUT2D eigenvalue weighted by Gasteiger charge is 2.04. The normalized spacial score (nSPS) is 10.4. The van der Waals surface area contributed by atoms with Gasteiger partial charge in [-0.15, -0.1) is 0 Å². The van der Waals surface area contributed by atoms with Crippen molar-refractivity contribution in [3.05, 3.63) is 0 Å². The molecule has 0 aliphatic carbocycles. The lowest BCUT2D eigenvalue weighted by Gasteiger charge is -2.06. The molecule has 0 aromatic carbocycles. The second-order valence-electron chi connectivity index (χ2n) is 7.52. The highest BCUT2D eigenvalue weighted by molar-refractivity contribution is 7.96. The van der Waals surface area contributed by atoms with Crippen LogP contribution in [0.5, 0.6) is 0 Å². The van der Waals surface area contributed by atoms with Gasteiger partial charge in [-0.3, -0.25) is 14.7 Å². The number of carboxylic acids is 1. The number of nitrogens with zero attached hydrogens (tertiary/aromatic N) is 1. The molecule has 28 heavy (non-hydrogen) atoms. The number of rotatable bonds is 19. The second kappa shape index (κ2) is 23.1. The van der Waals surface area contributed by atoms with Crippen molar-refractivity contribution in [1.82, 2.24) is 5.32 Å². The Kier molecular flexibility index (Phi) is 24.7. The van der Waals surface area contributed by atoms with Crippen LogP contribution in [0, 0.1) is 0 Å².